The van der Waals surface area contributed by atoms with Gasteiger partial charge in [-0.25, -0.2) is 0 Å². The van der Waals surface area contributed by atoms with Gasteiger partial charge in [0.05, 0.1) is 13.7 Å². The molecule has 0 spiro atoms. The van der Waals surface area contributed by atoms with E-state index in [1.807, 2.05) is 12.1 Å². The molecule has 0 saturated carbocycles. The first-order valence-corrected chi connectivity index (χ1v) is 8.27. The first kappa shape index (κ1) is 15.4. The van der Waals surface area contributed by atoms with Gasteiger partial charge in [0.15, 0.2) is 11.3 Å². The molecule has 1 aromatic heterocycles. The summed E-state index contributed by atoms with van der Waals surface area (Å²) in [5.74, 6) is 1.76. The van der Waals surface area contributed by atoms with E-state index in [-0.39, 0.29) is 0 Å². The molecule has 1 aromatic carbocycles. The summed E-state index contributed by atoms with van der Waals surface area (Å²) in [4.78, 5) is 2.56. The number of methoxy groups -OCH3 is 1. The van der Waals surface area contributed by atoms with Crippen LogP contribution in [0.1, 0.15) is 31.9 Å². The summed E-state index contributed by atoms with van der Waals surface area (Å²) in [6.45, 7) is 6.61. The molecule has 3 rings (SSSR count). The van der Waals surface area contributed by atoms with E-state index >= 15 is 0 Å². The summed E-state index contributed by atoms with van der Waals surface area (Å²) < 4.78 is 11.3. The van der Waals surface area contributed by atoms with Crippen molar-refractivity contribution in [2.75, 3.05) is 26.7 Å². The van der Waals surface area contributed by atoms with E-state index in [2.05, 4.69) is 29.3 Å². The lowest BCUT2D eigenvalue weighted by Crippen LogP contribution is -2.41. The van der Waals surface area contributed by atoms with Crippen molar-refractivity contribution >= 4 is 11.0 Å². The number of piperidine rings is 1. The molecule has 1 unspecified atom stereocenters. The Morgan fingerprint density at radius 2 is 2.09 bits per heavy atom. The van der Waals surface area contributed by atoms with E-state index in [1.54, 1.807) is 7.11 Å². The van der Waals surface area contributed by atoms with Crippen LogP contribution in [-0.4, -0.2) is 37.7 Å². The fraction of sp³-hybridized carbons (Fsp3) is 0.556. The average Bonchev–Trinajstić information content (AvgIpc) is 2.97. The number of hydrogen-bond acceptors (Lipinski definition) is 4. The average molecular weight is 302 g/mol. The Balaban J connectivity index is 1.56. The van der Waals surface area contributed by atoms with Gasteiger partial charge in [0.25, 0.3) is 0 Å². The molecule has 2 heterocycles. The highest BCUT2D eigenvalue weighted by Crippen LogP contribution is 2.28. The summed E-state index contributed by atoms with van der Waals surface area (Å²) in [6.07, 6.45) is 4.07. The zero-order valence-electron chi connectivity index (χ0n) is 13.6. The molecule has 0 radical (unpaired) electrons. The smallest absolute Gasteiger partial charge is 0.176 e. The second-order valence-corrected chi connectivity index (χ2v) is 6.23. The quantitative estimate of drug-likeness (QED) is 0.887. The predicted molar refractivity (Wildman–Crippen MR) is 89.4 cm³/mol. The number of nitrogens with one attached hydrogen (secondary N) is 1. The second kappa shape index (κ2) is 7.16. The van der Waals surface area contributed by atoms with Gasteiger partial charge in [-0.3, -0.25) is 0 Å². The molecule has 1 aliphatic heterocycles. The van der Waals surface area contributed by atoms with Crippen LogP contribution in [0.25, 0.3) is 11.0 Å². The lowest BCUT2D eigenvalue weighted by atomic mass is 10.1. The third-order valence-corrected chi connectivity index (χ3v) is 4.38. The Morgan fingerprint density at radius 1 is 1.27 bits per heavy atom. The number of fused-ring (bicyclic) bond motifs is 1. The monoisotopic (exact) mass is 302 g/mol. The maximum absolute atomic E-state index is 5.93. The molecule has 1 aliphatic rings. The fourth-order valence-corrected chi connectivity index (χ4v) is 3.21. The standard InChI is InChI=1S/C18H26N2O2/c1-14(13-20-9-4-3-5-10-20)19-12-16-11-15-7-6-8-17(21-2)18(15)22-16/h6-8,11,14,19H,3-5,9-10,12-13H2,1-2H3. The van der Waals surface area contributed by atoms with Crippen LogP contribution in [0.15, 0.2) is 28.7 Å². The third kappa shape index (κ3) is 3.62. The molecular weight excluding hydrogens is 276 g/mol. The number of ether oxygens (including phenoxy) is 1. The van der Waals surface area contributed by atoms with Crippen LogP contribution >= 0.6 is 0 Å². The van der Waals surface area contributed by atoms with Crippen LogP contribution in [0, 0.1) is 0 Å². The summed E-state index contributed by atoms with van der Waals surface area (Å²) in [7, 11) is 1.68. The van der Waals surface area contributed by atoms with E-state index in [4.69, 9.17) is 9.15 Å². The van der Waals surface area contributed by atoms with E-state index in [0.717, 1.165) is 35.6 Å². The fourth-order valence-electron chi connectivity index (χ4n) is 3.21. The minimum atomic E-state index is 0.466. The van der Waals surface area contributed by atoms with Gasteiger partial charge in [-0.05, 0) is 45.0 Å². The van der Waals surface area contributed by atoms with Crippen molar-refractivity contribution in [1.29, 1.82) is 0 Å². The van der Waals surface area contributed by atoms with Crippen molar-refractivity contribution in [3.8, 4) is 5.75 Å². The van der Waals surface area contributed by atoms with E-state index in [1.165, 1.54) is 32.4 Å². The zero-order chi connectivity index (χ0) is 15.4. The van der Waals surface area contributed by atoms with Gasteiger partial charge in [0, 0.05) is 18.0 Å². The number of benzene rings is 1. The summed E-state index contributed by atoms with van der Waals surface area (Å²) in [5, 5.41) is 4.67. The summed E-state index contributed by atoms with van der Waals surface area (Å²) in [5.41, 5.74) is 0.838. The molecule has 0 amide bonds. The Kier molecular flexibility index (Phi) is 5.01. The molecule has 0 bridgehead atoms. The van der Waals surface area contributed by atoms with E-state index in [9.17, 15) is 0 Å². The molecule has 2 aromatic rings. The van der Waals surface area contributed by atoms with Crippen molar-refractivity contribution in [2.45, 2.75) is 38.8 Å². The van der Waals surface area contributed by atoms with Crippen LogP contribution in [0.2, 0.25) is 0 Å². The number of para-hydroxylation sites is 1. The second-order valence-electron chi connectivity index (χ2n) is 6.23. The third-order valence-electron chi connectivity index (χ3n) is 4.38. The Labute approximate surface area is 132 Å². The molecule has 4 nitrogen and oxygen atoms in total. The molecule has 4 heteroatoms. The van der Waals surface area contributed by atoms with Crippen molar-refractivity contribution in [1.82, 2.24) is 10.2 Å². The van der Waals surface area contributed by atoms with E-state index < -0.39 is 0 Å². The molecule has 1 fully saturated rings. The van der Waals surface area contributed by atoms with E-state index in [0.29, 0.717) is 6.04 Å². The summed E-state index contributed by atoms with van der Waals surface area (Å²) in [6, 6.07) is 8.54. The number of furan rings is 1. The maximum atomic E-state index is 5.93. The van der Waals surface area contributed by atoms with Gasteiger partial charge in [0.1, 0.15) is 5.76 Å². The largest absolute Gasteiger partial charge is 0.493 e. The highest BCUT2D eigenvalue weighted by Gasteiger charge is 2.14. The molecule has 1 atom stereocenters. The van der Waals surface area contributed by atoms with Crippen LogP contribution in [0.5, 0.6) is 5.75 Å². The van der Waals surface area contributed by atoms with Crippen molar-refractivity contribution in [3.63, 3.8) is 0 Å². The zero-order valence-corrected chi connectivity index (χ0v) is 13.6. The van der Waals surface area contributed by atoms with Crippen molar-refractivity contribution < 1.29 is 9.15 Å². The first-order chi connectivity index (χ1) is 10.8. The molecular formula is C18H26N2O2. The Morgan fingerprint density at radius 3 is 2.86 bits per heavy atom. The Hall–Kier alpha value is -1.52. The minimum Gasteiger partial charge on any atom is -0.493 e. The van der Waals surface area contributed by atoms with Crippen molar-refractivity contribution in [2.24, 2.45) is 0 Å². The molecule has 1 N–H and O–H groups in total. The molecule has 0 aliphatic carbocycles. The van der Waals surface area contributed by atoms with Gasteiger partial charge in [-0.2, -0.15) is 0 Å². The SMILES string of the molecule is COc1cccc2cc(CNC(C)CN3CCCCC3)oc12. The van der Waals surface area contributed by atoms with Crippen LogP contribution < -0.4 is 10.1 Å². The lowest BCUT2D eigenvalue weighted by molar-refractivity contribution is 0.208. The molecule has 1 saturated heterocycles. The highest BCUT2D eigenvalue weighted by atomic mass is 16.5. The summed E-state index contributed by atoms with van der Waals surface area (Å²) >= 11 is 0. The van der Waals surface area contributed by atoms with Gasteiger partial charge in [-0.1, -0.05) is 18.6 Å². The maximum Gasteiger partial charge on any atom is 0.176 e. The Bertz CT molecular complexity index is 602. The van der Waals surface area contributed by atoms with Gasteiger partial charge in [-0.15, -0.1) is 0 Å². The van der Waals surface area contributed by atoms with Crippen LogP contribution in [0.4, 0.5) is 0 Å². The number of hydrogen-bond donors (Lipinski definition) is 1. The molecule has 120 valence electrons. The van der Waals surface area contributed by atoms with Gasteiger partial charge >= 0.3 is 0 Å². The minimum absolute atomic E-state index is 0.466. The van der Waals surface area contributed by atoms with Crippen molar-refractivity contribution in [3.05, 3.63) is 30.0 Å². The predicted octanol–water partition coefficient (Wildman–Crippen LogP) is 3.41. The number of rotatable bonds is 6. The number of likely N-dealkylation sites (tertiary alicyclic amines) is 1. The highest BCUT2D eigenvalue weighted by molar-refractivity contribution is 5.83. The molecule has 22 heavy (non-hydrogen) atoms. The van der Waals surface area contributed by atoms with Gasteiger partial charge in [0.2, 0.25) is 0 Å². The lowest BCUT2D eigenvalue weighted by Gasteiger charge is -2.29. The van der Waals surface area contributed by atoms with Crippen LogP contribution in [0.3, 0.4) is 0 Å². The first-order valence-electron chi connectivity index (χ1n) is 8.27. The topological polar surface area (TPSA) is 37.6 Å². The van der Waals surface area contributed by atoms with Gasteiger partial charge < -0.3 is 19.4 Å². The normalized spacial score (nSPS) is 17.7. The van der Waals surface area contributed by atoms with Crippen LogP contribution in [-0.2, 0) is 6.54 Å². The number of nitrogens with zero attached hydrogens (tertiary/aromatic N) is 1.